The molecule has 8 heteroatoms. The summed E-state index contributed by atoms with van der Waals surface area (Å²) in [6.07, 6.45) is 0.112. The van der Waals surface area contributed by atoms with Gasteiger partial charge in [0, 0.05) is 19.0 Å². The smallest absolute Gasteiger partial charge is 0.341 e. The number of anilines is 1. The van der Waals surface area contributed by atoms with Crippen LogP contribution in [0.25, 0.3) is 0 Å². The lowest BCUT2D eigenvalue weighted by Crippen LogP contribution is -2.31. The largest absolute Gasteiger partial charge is 0.383 e. The Kier molecular flexibility index (Phi) is 6.07. The highest BCUT2D eigenvalue weighted by molar-refractivity contribution is 7.91. The Bertz CT molecular complexity index is 589. The molecular formula is C13H18F2N2O3S. The zero-order valence-corrected chi connectivity index (χ0v) is 12.6. The fourth-order valence-electron chi connectivity index (χ4n) is 1.66. The van der Waals surface area contributed by atoms with Gasteiger partial charge in [-0.2, -0.15) is 8.78 Å². The van der Waals surface area contributed by atoms with Crippen LogP contribution in [0.15, 0.2) is 29.2 Å². The second kappa shape index (κ2) is 7.35. The first-order valence-corrected chi connectivity index (χ1v) is 7.94. The van der Waals surface area contributed by atoms with E-state index in [1.54, 1.807) is 0 Å². The van der Waals surface area contributed by atoms with Crippen molar-refractivity contribution < 1.29 is 22.0 Å². The maximum Gasteiger partial charge on any atom is 0.341 e. The Labute approximate surface area is 122 Å². The number of carbonyl (C=O) groups excluding carboxylic acids is 1. The molecule has 0 aliphatic rings. The number of amides is 1. The Hall–Kier alpha value is -1.70. The van der Waals surface area contributed by atoms with Gasteiger partial charge in [-0.25, -0.2) is 8.42 Å². The summed E-state index contributed by atoms with van der Waals surface area (Å²) >= 11 is 0. The second-order valence-corrected chi connectivity index (χ2v) is 6.59. The molecule has 118 valence electrons. The number of sulfone groups is 1. The normalized spacial score (nSPS) is 11.7. The standard InChI is InChI=1S/C13H18F2N2O3S/c1-9(2)17-12(18)7-8-16-10-5-3-4-6-11(10)21(19,20)13(14)15/h3-6,9,13,16H,7-8H2,1-2H3,(H,17,18). The molecule has 1 rings (SSSR count). The first kappa shape index (κ1) is 17.4. The number of hydrogen-bond donors (Lipinski definition) is 2. The summed E-state index contributed by atoms with van der Waals surface area (Å²) in [7, 11) is -4.67. The number of halogens is 2. The molecule has 0 aromatic heterocycles. The summed E-state index contributed by atoms with van der Waals surface area (Å²) in [5, 5.41) is 5.38. The summed E-state index contributed by atoms with van der Waals surface area (Å²) in [4.78, 5) is 11.0. The molecule has 0 atom stereocenters. The Balaban J connectivity index is 2.75. The molecule has 0 saturated heterocycles. The van der Waals surface area contributed by atoms with Crippen molar-refractivity contribution >= 4 is 21.4 Å². The van der Waals surface area contributed by atoms with Crippen molar-refractivity contribution in [2.75, 3.05) is 11.9 Å². The molecular weight excluding hydrogens is 302 g/mol. The maximum absolute atomic E-state index is 12.6. The van der Waals surface area contributed by atoms with Crippen LogP contribution in [0.5, 0.6) is 0 Å². The zero-order valence-electron chi connectivity index (χ0n) is 11.8. The van der Waals surface area contributed by atoms with Crippen LogP contribution in [-0.2, 0) is 14.6 Å². The number of nitrogens with one attached hydrogen (secondary N) is 2. The van der Waals surface area contributed by atoms with E-state index in [4.69, 9.17) is 0 Å². The van der Waals surface area contributed by atoms with E-state index in [9.17, 15) is 22.0 Å². The Morgan fingerprint density at radius 1 is 1.24 bits per heavy atom. The van der Waals surface area contributed by atoms with Gasteiger partial charge in [0.15, 0.2) is 0 Å². The van der Waals surface area contributed by atoms with E-state index in [-0.39, 0.29) is 30.6 Å². The molecule has 1 aromatic carbocycles. The van der Waals surface area contributed by atoms with E-state index in [1.807, 2.05) is 13.8 Å². The average molecular weight is 320 g/mol. The fraction of sp³-hybridized carbons (Fsp3) is 0.462. The lowest BCUT2D eigenvalue weighted by Gasteiger charge is -2.13. The minimum atomic E-state index is -4.67. The third-order valence-corrected chi connectivity index (χ3v) is 3.98. The second-order valence-electron chi connectivity index (χ2n) is 4.70. The summed E-state index contributed by atoms with van der Waals surface area (Å²) in [6, 6.07) is 5.39. The lowest BCUT2D eigenvalue weighted by atomic mass is 10.3. The van der Waals surface area contributed by atoms with Gasteiger partial charge in [-0.15, -0.1) is 0 Å². The summed E-state index contributed by atoms with van der Waals surface area (Å²) in [6.45, 7) is 3.78. The van der Waals surface area contributed by atoms with Gasteiger partial charge >= 0.3 is 5.76 Å². The van der Waals surface area contributed by atoms with Crippen LogP contribution in [0, 0.1) is 0 Å². The molecule has 1 aromatic rings. The molecule has 2 N–H and O–H groups in total. The van der Waals surface area contributed by atoms with E-state index < -0.39 is 20.5 Å². The van der Waals surface area contributed by atoms with Gasteiger partial charge in [-0.05, 0) is 26.0 Å². The Morgan fingerprint density at radius 3 is 2.43 bits per heavy atom. The minimum Gasteiger partial charge on any atom is -0.383 e. The fourth-order valence-corrected chi connectivity index (χ4v) is 2.57. The molecule has 1 amide bonds. The molecule has 0 bridgehead atoms. The molecule has 0 heterocycles. The van der Waals surface area contributed by atoms with Crippen molar-refractivity contribution in [1.82, 2.24) is 5.32 Å². The highest BCUT2D eigenvalue weighted by Crippen LogP contribution is 2.25. The van der Waals surface area contributed by atoms with Crippen LogP contribution >= 0.6 is 0 Å². The number of benzene rings is 1. The number of hydrogen-bond acceptors (Lipinski definition) is 4. The van der Waals surface area contributed by atoms with Gasteiger partial charge in [0.05, 0.1) is 10.6 Å². The van der Waals surface area contributed by atoms with Crippen LogP contribution in [0.1, 0.15) is 20.3 Å². The molecule has 0 unspecified atom stereocenters. The quantitative estimate of drug-likeness (QED) is 0.806. The zero-order chi connectivity index (χ0) is 16.0. The van der Waals surface area contributed by atoms with Crippen molar-refractivity contribution in [3.05, 3.63) is 24.3 Å². The predicted octanol–water partition coefficient (Wildman–Crippen LogP) is 2.01. The maximum atomic E-state index is 12.6. The lowest BCUT2D eigenvalue weighted by molar-refractivity contribution is -0.121. The van der Waals surface area contributed by atoms with Crippen LogP contribution in [0.3, 0.4) is 0 Å². The van der Waals surface area contributed by atoms with E-state index in [0.29, 0.717) is 0 Å². The first-order valence-electron chi connectivity index (χ1n) is 6.39. The van der Waals surface area contributed by atoms with E-state index >= 15 is 0 Å². The SMILES string of the molecule is CC(C)NC(=O)CCNc1ccccc1S(=O)(=O)C(F)F. The van der Waals surface area contributed by atoms with Crippen LogP contribution in [-0.4, -0.2) is 32.7 Å². The topological polar surface area (TPSA) is 75.3 Å². The number of alkyl halides is 2. The van der Waals surface area contributed by atoms with Crippen LogP contribution in [0.2, 0.25) is 0 Å². The number of carbonyl (C=O) groups is 1. The first-order chi connectivity index (χ1) is 9.75. The van der Waals surface area contributed by atoms with Crippen molar-refractivity contribution in [2.45, 2.75) is 37.0 Å². The van der Waals surface area contributed by atoms with E-state index in [2.05, 4.69) is 10.6 Å². The van der Waals surface area contributed by atoms with Crippen molar-refractivity contribution in [2.24, 2.45) is 0 Å². The molecule has 0 aliphatic carbocycles. The van der Waals surface area contributed by atoms with E-state index in [1.165, 1.54) is 18.2 Å². The van der Waals surface area contributed by atoms with Crippen molar-refractivity contribution in [1.29, 1.82) is 0 Å². The third kappa shape index (κ3) is 4.96. The third-order valence-electron chi connectivity index (χ3n) is 2.55. The van der Waals surface area contributed by atoms with Crippen molar-refractivity contribution in [3.63, 3.8) is 0 Å². The van der Waals surface area contributed by atoms with Gasteiger partial charge < -0.3 is 10.6 Å². The summed E-state index contributed by atoms with van der Waals surface area (Å²) < 4.78 is 48.2. The van der Waals surface area contributed by atoms with Crippen LogP contribution in [0.4, 0.5) is 14.5 Å². The molecule has 0 spiro atoms. The number of para-hydroxylation sites is 1. The highest BCUT2D eigenvalue weighted by atomic mass is 32.2. The van der Waals surface area contributed by atoms with Gasteiger partial charge in [0.25, 0.3) is 0 Å². The predicted molar refractivity (Wildman–Crippen MR) is 76.0 cm³/mol. The summed E-state index contributed by atoms with van der Waals surface area (Å²) in [5.74, 6) is -3.68. The summed E-state index contributed by atoms with van der Waals surface area (Å²) in [5.41, 5.74) is 0.0650. The molecule has 0 aliphatic heterocycles. The monoisotopic (exact) mass is 320 g/mol. The molecule has 5 nitrogen and oxygen atoms in total. The van der Waals surface area contributed by atoms with Gasteiger partial charge in [0.2, 0.25) is 15.7 Å². The van der Waals surface area contributed by atoms with Crippen LogP contribution < -0.4 is 10.6 Å². The molecule has 0 fully saturated rings. The highest BCUT2D eigenvalue weighted by Gasteiger charge is 2.28. The van der Waals surface area contributed by atoms with E-state index in [0.717, 1.165) is 6.07 Å². The minimum absolute atomic E-state index is 0.00370. The number of rotatable bonds is 7. The average Bonchev–Trinajstić information content (AvgIpc) is 2.38. The molecule has 0 radical (unpaired) electrons. The van der Waals surface area contributed by atoms with Gasteiger partial charge in [0.1, 0.15) is 0 Å². The van der Waals surface area contributed by atoms with Gasteiger partial charge in [-0.3, -0.25) is 4.79 Å². The molecule has 0 saturated carbocycles. The molecule has 21 heavy (non-hydrogen) atoms. The Morgan fingerprint density at radius 2 is 1.86 bits per heavy atom. The van der Waals surface area contributed by atoms with Gasteiger partial charge in [-0.1, -0.05) is 12.1 Å². The van der Waals surface area contributed by atoms with Crippen molar-refractivity contribution in [3.8, 4) is 0 Å².